The summed E-state index contributed by atoms with van der Waals surface area (Å²) in [5, 5.41) is 10.3. The first-order valence-electron chi connectivity index (χ1n) is 16.6. The Morgan fingerprint density at radius 2 is 0.840 bits per heavy atom. The average Bonchev–Trinajstić information content (AvgIpc) is 3.17. The van der Waals surface area contributed by atoms with Gasteiger partial charge in [-0.05, 0) is 37.0 Å². The SMILES string of the molecule is CNC(CCOc1cccc2ccccc12)(OC(=O)C(=O)OC(CCOc1cccc2ccccc12)(NC)c1ccccc1)c1ccccc1. The van der Waals surface area contributed by atoms with Gasteiger partial charge in [-0.3, -0.25) is 10.6 Å². The van der Waals surface area contributed by atoms with E-state index in [2.05, 4.69) is 10.6 Å². The largest absolute Gasteiger partial charge is 0.493 e. The Morgan fingerprint density at radius 1 is 0.480 bits per heavy atom. The van der Waals surface area contributed by atoms with Crippen LogP contribution < -0.4 is 20.1 Å². The summed E-state index contributed by atoms with van der Waals surface area (Å²) in [7, 11) is 3.35. The third kappa shape index (κ3) is 7.47. The molecule has 0 saturated carbocycles. The third-order valence-electron chi connectivity index (χ3n) is 8.91. The van der Waals surface area contributed by atoms with Crippen LogP contribution in [0.1, 0.15) is 24.0 Å². The van der Waals surface area contributed by atoms with Gasteiger partial charge in [-0.1, -0.05) is 133 Å². The van der Waals surface area contributed by atoms with E-state index in [0.29, 0.717) is 22.6 Å². The van der Waals surface area contributed by atoms with Gasteiger partial charge in [0.2, 0.25) is 0 Å². The standard InChI is InChI=1S/C42H40N2O6/c1-43-41(33-19-5-3-6-20-33,27-29-47-37-25-13-17-31-15-9-11-23-35(31)37)49-39(45)40(46)50-42(44-2,34-21-7-4-8-22-34)28-30-48-38-26-14-18-32-16-10-12-24-36(32)38/h3-26,43-44H,27-30H2,1-2H3. The molecule has 50 heavy (non-hydrogen) atoms. The maximum absolute atomic E-state index is 13.7. The number of carbonyl (C=O) groups is 2. The van der Waals surface area contributed by atoms with Gasteiger partial charge in [0.05, 0.1) is 13.2 Å². The number of benzene rings is 6. The number of rotatable bonds is 14. The molecule has 6 aromatic rings. The second-order valence-corrected chi connectivity index (χ2v) is 11.8. The molecule has 0 heterocycles. The highest BCUT2D eigenvalue weighted by Crippen LogP contribution is 2.32. The van der Waals surface area contributed by atoms with Crippen LogP contribution >= 0.6 is 0 Å². The number of esters is 2. The molecular weight excluding hydrogens is 628 g/mol. The van der Waals surface area contributed by atoms with Crippen molar-refractivity contribution in [2.24, 2.45) is 0 Å². The van der Waals surface area contributed by atoms with Crippen LogP contribution in [-0.2, 0) is 30.5 Å². The predicted octanol–water partition coefficient (Wildman–Crippen LogP) is 7.46. The van der Waals surface area contributed by atoms with Gasteiger partial charge in [0, 0.05) is 34.7 Å². The van der Waals surface area contributed by atoms with E-state index >= 15 is 0 Å². The molecule has 2 unspecified atom stereocenters. The number of nitrogens with one attached hydrogen (secondary N) is 2. The number of hydrogen-bond donors (Lipinski definition) is 2. The molecule has 0 saturated heterocycles. The maximum Gasteiger partial charge on any atom is 0.419 e. The molecule has 0 radical (unpaired) electrons. The van der Waals surface area contributed by atoms with E-state index in [0.717, 1.165) is 21.5 Å². The van der Waals surface area contributed by atoms with Crippen LogP contribution in [-0.4, -0.2) is 39.2 Å². The summed E-state index contributed by atoms with van der Waals surface area (Å²) in [6.07, 6.45) is 0.398. The minimum absolute atomic E-state index is 0.183. The lowest BCUT2D eigenvalue weighted by atomic mass is 9.99. The van der Waals surface area contributed by atoms with Crippen molar-refractivity contribution in [3.63, 3.8) is 0 Å². The molecule has 0 amide bonds. The summed E-state index contributed by atoms with van der Waals surface area (Å²) in [5.41, 5.74) is -1.49. The topological polar surface area (TPSA) is 95.1 Å². The highest BCUT2D eigenvalue weighted by Gasteiger charge is 2.42. The Hall–Kier alpha value is -5.70. The summed E-state index contributed by atoms with van der Waals surface area (Å²) >= 11 is 0. The molecule has 2 N–H and O–H groups in total. The monoisotopic (exact) mass is 668 g/mol. The van der Waals surface area contributed by atoms with Crippen LogP contribution in [0.5, 0.6) is 11.5 Å². The highest BCUT2D eigenvalue weighted by molar-refractivity contribution is 6.29. The Labute approximate surface area is 291 Å². The summed E-state index contributed by atoms with van der Waals surface area (Å²) in [6.45, 7) is 0.365. The van der Waals surface area contributed by atoms with E-state index in [1.54, 1.807) is 14.1 Å². The normalized spacial score (nSPS) is 13.6. The molecule has 0 bridgehead atoms. The Bertz CT molecular complexity index is 1900. The van der Waals surface area contributed by atoms with Gasteiger partial charge in [0.15, 0.2) is 11.4 Å². The van der Waals surface area contributed by atoms with Gasteiger partial charge in [0.1, 0.15) is 11.5 Å². The van der Waals surface area contributed by atoms with Gasteiger partial charge < -0.3 is 18.9 Å². The van der Waals surface area contributed by atoms with Crippen molar-refractivity contribution in [2.45, 2.75) is 24.3 Å². The van der Waals surface area contributed by atoms with Crippen molar-refractivity contribution in [3.8, 4) is 11.5 Å². The molecule has 8 heteroatoms. The second kappa shape index (κ2) is 15.7. The molecule has 0 aliphatic rings. The first kappa shape index (κ1) is 34.2. The van der Waals surface area contributed by atoms with Crippen LogP contribution in [0.4, 0.5) is 0 Å². The summed E-state index contributed by atoms with van der Waals surface area (Å²) < 4.78 is 24.6. The van der Waals surface area contributed by atoms with Gasteiger partial charge in [0.25, 0.3) is 0 Å². The van der Waals surface area contributed by atoms with Gasteiger partial charge in [-0.25, -0.2) is 9.59 Å². The van der Waals surface area contributed by atoms with E-state index in [1.165, 1.54) is 0 Å². The fraction of sp³-hybridized carbons (Fsp3) is 0.190. The summed E-state index contributed by atoms with van der Waals surface area (Å²) in [4.78, 5) is 27.5. The third-order valence-corrected chi connectivity index (χ3v) is 8.91. The molecule has 6 rings (SSSR count). The Kier molecular flexibility index (Phi) is 10.7. The zero-order chi connectivity index (χ0) is 34.8. The van der Waals surface area contributed by atoms with Crippen molar-refractivity contribution in [1.82, 2.24) is 10.6 Å². The lowest BCUT2D eigenvalue weighted by Crippen LogP contribution is -2.50. The minimum Gasteiger partial charge on any atom is -0.493 e. The molecule has 0 aliphatic heterocycles. The van der Waals surface area contributed by atoms with Crippen LogP contribution in [0.15, 0.2) is 146 Å². The van der Waals surface area contributed by atoms with Crippen LogP contribution in [0.2, 0.25) is 0 Å². The quantitative estimate of drug-likeness (QED) is 0.0702. The fourth-order valence-electron chi connectivity index (χ4n) is 6.22. The van der Waals surface area contributed by atoms with Crippen LogP contribution in [0, 0.1) is 0 Å². The van der Waals surface area contributed by atoms with E-state index in [4.69, 9.17) is 18.9 Å². The number of hydrogen-bond acceptors (Lipinski definition) is 8. The molecular formula is C42H40N2O6. The van der Waals surface area contributed by atoms with Crippen LogP contribution in [0.3, 0.4) is 0 Å². The zero-order valence-electron chi connectivity index (χ0n) is 28.1. The summed E-state index contributed by atoms with van der Waals surface area (Å²) in [5.74, 6) is -0.892. The minimum atomic E-state index is -1.39. The van der Waals surface area contributed by atoms with Gasteiger partial charge in [-0.15, -0.1) is 0 Å². The van der Waals surface area contributed by atoms with Crippen molar-refractivity contribution in [2.75, 3.05) is 27.3 Å². The Morgan fingerprint density at radius 3 is 1.24 bits per heavy atom. The van der Waals surface area contributed by atoms with Crippen molar-refractivity contribution in [3.05, 3.63) is 157 Å². The number of carbonyl (C=O) groups excluding carboxylic acids is 2. The van der Waals surface area contributed by atoms with Crippen LogP contribution in [0.25, 0.3) is 21.5 Å². The van der Waals surface area contributed by atoms with Gasteiger partial charge >= 0.3 is 11.9 Å². The predicted molar refractivity (Wildman–Crippen MR) is 195 cm³/mol. The fourth-order valence-corrected chi connectivity index (χ4v) is 6.22. The smallest absolute Gasteiger partial charge is 0.419 e. The first-order chi connectivity index (χ1) is 24.5. The molecule has 0 fully saturated rings. The Balaban J connectivity index is 1.21. The molecule has 0 aromatic heterocycles. The van der Waals surface area contributed by atoms with E-state index in [9.17, 15) is 9.59 Å². The first-order valence-corrected chi connectivity index (χ1v) is 16.6. The lowest BCUT2D eigenvalue weighted by Gasteiger charge is -2.35. The molecule has 0 aliphatic carbocycles. The molecule has 2 atom stereocenters. The molecule has 254 valence electrons. The number of ether oxygens (including phenoxy) is 4. The summed E-state index contributed by atoms with van der Waals surface area (Å²) in [6, 6.07) is 46.1. The molecule has 6 aromatic carbocycles. The van der Waals surface area contributed by atoms with E-state index < -0.39 is 23.4 Å². The van der Waals surface area contributed by atoms with E-state index in [-0.39, 0.29) is 26.1 Å². The average molecular weight is 669 g/mol. The lowest BCUT2D eigenvalue weighted by molar-refractivity contribution is -0.193. The van der Waals surface area contributed by atoms with Crippen molar-refractivity contribution < 1.29 is 28.5 Å². The number of fused-ring (bicyclic) bond motifs is 2. The zero-order valence-corrected chi connectivity index (χ0v) is 28.1. The van der Waals surface area contributed by atoms with Crippen molar-refractivity contribution >= 4 is 33.5 Å². The molecule has 8 nitrogen and oxygen atoms in total. The van der Waals surface area contributed by atoms with Crippen molar-refractivity contribution in [1.29, 1.82) is 0 Å². The highest BCUT2D eigenvalue weighted by atomic mass is 16.6. The second-order valence-electron chi connectivity index (χ2n) is 11.8. The van der Waals surface area contributed by atoms with E-state index in [1.807, 2.05) is 146 Å². The maximum atomic E-state index is 13.7. The van der Waals surface area contributed by atoms with Gasteiger partial charge in [-0.2, -0.15) is 0 Å². The molecule has 0 spiro atoms.